The summed E-state index contributed by atoms with van der Waals surface area (Å²) in [4.78, 5) is 11.7. The second-order valence-electron chi connectivity index (χ2n) is 5.18. The van der Waals surface area contributed by atoms with E-state index in [1.807, 2.05) is 0 Å². The first-order valence-corrected chi connectivity index (χ1v) is 6.06. The number of alkyl carbamates (subject to hydrolysis) is 1. The Bertz CT molecular complexity index is 429. The molecule has 0 aliphatic rings. The van der Waals surface area contributed by atoms with Crippen molar-refractivity contribution in [2.45, 2.75) is 32.4 Å². The smallest absolute Gasteiger partial charge is 0.408 e. The highest BCUT2D eigenvalue weighted by Gasteiger charge is 2.22. The van der Waals surface area contributed by atoms with Crippen LogP contribution in [0.3, 0.4) is 0 Å². The van der Waals surface area contributed by atoms with Gasteiger partial charge in [-0.3, -0.25) is 0 Å². The van der Waals surface area contributed by atoms with Gasteiger partial charge < -0.3 is 14.8 Å². The van der Waals surface area contributed by atoms with Gasteiger partial charge in [0.2, 0.25) is 0 Å². The number of amides is 1. The molecule has 0 saturated heterocycles. The molecule has 0 fully saturated rings. The molecule has 1 amide bonds. The Labute approximate surface area is 112 Å². The van der Waals surface area contributed by atoms with Crippen molar-refractivity contribution in [3.05, 3.63) is 35.6 Å². The minimum atomic E-state index is -0.600. The van der Waals surface area contributed by atoms with E-state index in [4.69, 9.17) is 9.47 Å². The summed E-state index contributed by atoms with van der Waals surface area (Å²) >= 11 is 0. The van der Waals surface area contributed by atoms with Crippen LogP contribution in [0.25, 0.3) is 0 Å². The van der Waals surface area contributed by atoms with E-state index >= 15 is 0 Å². The first-order valence-electron chi connectivity index (χ1n) is 6.06. The maximum absolute atomic E-state index is 13.7. The van der Waals surface area contributed by atoms with Crippen LogP contribution in [-0.2, 0) is 9.47 Å². The molecule has 0 heterocycles. The number of hydrogen-bond donors (Lipinski definition) is 1. The van der Waals surface area contributed by atoms with Crippen LogP contribution in [0.4, 0.5) is 9.18 Å². The highest BCUT2D eigenvalue weighted by Crippen LogP contribution is 2.18. The van der Waals surface area contributed by atoms with E-state index in [-0.39, 0.29) is 12.4 Å². The van der Waals surface area contributed by atoms with E-state index < -0.39 is 17.7 Å². The molecule has 0 unspecified atom stereocenters. The third-order valence-corrected chi connectivity index (χ3v) is 2.30. The number of halogens is 1. The van der Waals surface area contributed by atoms with E-state index in [1.165, 1.54) is 13.2 Å². The molecule has 1 N–H and O–H groups in total. The van der Waals surface area contributed by atoms with Crippen molar-refractivity contribution in [3.8, 4) is 0 Å². The lowest BCUT2D eigenvalue weighted by molar-refractivity contribution is 0.0466. The molecule has 1 aromatic carbocycles. The average molecular weight is 269 g/mol. The number of carbonyl (C=O) groups excluding carboxylic acids is 1. The summed E-state index contributed by atoms with van der Waals surface area (Å²) in [7, 11) is 1.49. The van der Waals surface area contributed by atoms with Gasteiger partial charge >= 0.3 is 6.09 Å². The van der Waals surface area contributed by atoms with Gasteiger partial charge in [0.05, 0.1) is 12.6 Å². The first-order chi connectivity index (χ1) is 8.83. The predicted octanol–water partition coefficient (Wildman–Crippen LogP) is 3.04. The van der Waals surface area contributed by atoms with E-state index in [1.54, 1.807) is 39.0 Å². The van der Waals surface area contributed by atoms with Crippen LogP contribution < -0.4 is 5.32 Å². The van der Waals surface area contributed by atoms with Crippen molar-refractivity contribution >= 4 is 6.09 Å². The van der Waals surface area contributed by atoms with Gasteiger partial charge in [0, 0.05) is 12.7 Å². The molecule has 5 heteroatoms. The van der Waals surface area contributed by atoms with Crippen molar-refractivity contribution in [1.29, 1.82) is 0 Å². The monoisotopic (exact) mass is 269 g/mol. The normalized spacial score (nSPS) is 12.9. The van der Waals surface area contributed by atoms with E-state index in [2.05, 4.69) is 5.32 Å². The summed E-state index contributed by atoms with van der Waals surface area (Å²) in [6, 6.07) is 5.67. The van der Waals surface area contributed by atoms with Crippen molar-refractivity contribution < 1.29 is 18.7 Å². The topological polar surface area (TPSA) is 47.6 Å². The molecule has 0 aliphatic carbocycles. The zero-order valence-electron chi connectivity index (χ0n) is 11.7. The van der Waals surface area contributed by atoms with Crippen molar-refractivity contribution in [1.82, 2.24) is 5.32 Å². The molecule has 0 saturated carbocycles. The summed E-state index contributed by atoms with van der Waals surface area (Å²) in [5.74, 6) is -0.388. The Morgan fingerprint density at radius 3 is 2.53 bits per heavy atom. The van der Waals surface area contributed by atoms with Gasteiger partial charge in [0.25, 0.3) is 0 Å². The van der Waals surface area contributed by atoms with Gasteiger partial charge in [-0.2, -0.15) is 0 Å². The quantitative estimate of drug-likeness (QED) is 0.914. The van der Waals surface area contributed by atoms with Gasteiger partial charge in [-0.1, -0.05) is 18.2 Å². The molecule has 1 aromatic rings. The van der Waals surface area contributed by atoms with Crippen LogP contribution >= 0.6 is 0 Å². The van der Waals surface area contributed by atoms with Crippen LogP contribution in [0, 0.1) is 5.82 Å². The summed E-state index contributed by atoms with van der Waals surface area (Å²) < 4.78 is 23.9. The molecule has 106 valence electrons. The number of methoxy groups -OCH3 is 1. The summed E-state index contributed by atoms with van der Waals surface area (Å²) in [5.41, 5.74) is -0.230. The van der Waals surface area contributed by atoms with Crippen LogP contribution in [0.1, 0.15) is 32.4 Å². The fraction of sp³-hybridized carbons (Fsp3) is 0.500. The average Bonchev–Trinajstić information content (AvgIpc) is 2.26. The summed E-state index contributed by atoms with van der Waals surface area (Å²) in [6.45, 7) is 5.46. The molecule has 0 radical (unpaired) electrons. The van der Waals surface area contributed by atoms with Gasteiger partial charge in [0.15, 0.2) is 0 Å². The minimum absolute atomic E-state index is 0.167. The molecule has 0 aliphatic heterocycles. The predicted molar refractivity (Wildman–Crippen MR) is 70.4 cm³/mol. The van der Waals surface area contributed by atoms with Gasteiger partial charge in [-0.25, -0.2) is 9.18 Å². The van der Waals surface area contributed by atoms with Crippen LogP contribution in [0.5, 0.6) is 0 Å². The van der Waals surface area contributed by atoms with Crippen molar-refractivity contribution in [2.75, 3.05) is 13.7 Å². The Hall–Kier alpha value is -1.62. The molecule has 4 nitrogen and oxygen atoms in total. The van der Waals surface area contributed by atoms with E-state index in [0.717, 1.165) is 0 Å². The van der Waals surface area contributed by atoms with Crippen LogP contribution in [0.15, 0.2) is 24.3 Å². The molecule has 1 rings (SSSR count). The molecule has 0 bridgehead atoms. The fourth-order valence-electron chi connectivity index (χ4n) is 1.58. The maximum atomic E-state index is 13.7. The minimum Gasteiger partial charge on any atom is -0.444 e. The summed E-state index contributed by atoms with van der Waals surface area (Å²) in [6.07, 6.45) is -0.599. The highest BCUT2D eigenvalue weighted by atomic mass is 19.1. The van der Waals surface area contributed by atoms with Crippen molar-refractivity contribution in [3.63, 3.8) is 0 Å². The fourth-order valence-corrected chi connectivity index (χ4v) is 1.58. The van der Waals surface area contributed by atoms with Crippen LogP contribution in [0.2, 0.25) is 0 Å². The summed E-state index contributed by atoms with van der Waals surface area (Å²) in [5, 5.41) is 2.61. The van der Waals surface area contributed by atoms with Crippen molar-refractivity contribution in [2.24, 2.45) is 0 Å². The zero-order valence-corrected chi connectivity index (χ0v) is 11.7. The Balaban J connectivity index is 2.79. The molecular weight excluding hydrogens is 249 g/mol. The highest BCUT2D eigenvalue weighted by molar-refractivity contribution is 5.68. The number of ether oxygens (including phenoxy) is 2. The number of benzene rings is 1. The standard InChI is InChI=1S/C14H20FNO3/c1-14(2,3)19-13(17)16-12(9-18-4)10-7-5-6-8-11(10)15/h5-8,12H,9H2,1-4H3,(H,16,17)/t12-/m0/s1. The second-order valence-corrected chi connectivity index (χ2v) is 5.18. The molecule has 0 spiro atoms. The first kappa shape index (κ1) is 15.4. The molecular formula is C14H20FNO3. The maximum Gasteiger partial charge on any atom is 0.408 e. The van der Waals surface area contributed by atoms with E-state index in [9.17, 15) is 9.18 Å². The largest absolute Gasteiger partial charge is 0.444 e. The molecule has 1 atom stereocenters. The number of rotatable bonds is 4. The SMILES string of the molecule is COC[C@H](NC(=O)OC(C)(C)C)c1ccccc1F. The molecule has 19 heavy (non-hydrogen) atoms. The van der Waals surface area contributed by atoms with Gasteiger partial charge in [-0.05, 0) is 26.8 Å². The molecule has 0 aromatic heterocycles. The van der Waals surface area contributed by atoms with Crippen LogP contribution in [-0.4, -0.2) is 25.4 Å². The lowest BCUT2D eigenvalue weighted by Gasteiger charge is -2.23. The zero-order chi connectivity index (χ0) is 14.5. The Kier molecular flexibility index (Phi) is 5.30. The van der Waals surface area contributed by atoms with E-state index in [0.29, 0.717) is 5.56 Å². The van der Waals surface area contributed by atoms with Gasteiger partial charge in [0.1, 0.15) is 11.4 Å². The Morgan fingerprint density at radius 2 is 2.00 bits per heavy atom. The Morgan fingerprint density at radius 1 is 1.37 bits per heavy atom. The third kappa shape index (κ3) is 5.26. The lowest BCUT2D eigenvalue weighted by atomic mass is 10.1. The third-order valence-electron chi connectivity index (χ3n) is 2.30. The van der Waals surface area contributed by atoms with Gasteiger partial charge in [-0.15, -0.1) is 0 Å². The second kappa shape index (κ2) is 6.52. The lowest BCUT2D eigenvalue weighted by Crippen LogP contribution is -2.36. The number of hydrogen-bond acceptors (Lipinski definition) is 3. The number of carbonyl (C=O) groups is 1. The number of nitrogens with one attached hydrogen (secondary N) is 1.